The zero-order valence-electron chi connectivity index (χ0n) is 12.5. The van der Waals surface area contributed by atoms with Gasteiger partial charge in [-0.15, -0.1) is 6.58 Å². The lowest BCUT2D eigenvalue weighted by atomic mass is 10.1. The van der Waals surface area contributed by atoms with Crippen LogP contribution in [0.25, 0.3) is 0 Å². The minimum atomic E-state index is -0.713. The van der Waals surface area contributed by atoms with Crippen molar-refractivity contribution in [3.63, 3.8) is 0 Å². The predicted molar refractivity (Wildman–Crippen MR) is 79.7 cm³/mol. The zero-order valence-corrected chi connectivity index (χ0v) is 12.5. The molecule has 1 aromatic rings. The first-order chi connectivity index (χ1) is 10.1. The van der Waals surface area contributed by atoms with Gasteiger partial charge in [-0.25, -0.2) is 0 Å². The third kappa shape index (κ3) is 4.24. The molecule has 1 aliphatic heterocycles. The van der Waals surface area contributed by atoms with E-state index in [0.717, 1.165) is 11.8 Å². The summed E-state index contributed by atoms with van der Waals surface area (Å²) in [4.78, 5) is 11.4. The third-order valence-corrected chi connectivity index (χ3v) is 3.36. The van der Waals surface area contributed by atoms with E-state index in [0.29, 0.717) is 13.0 Å². The van der Waals surface area contributed by atoms with E-state index in [1.54, 1.807) is 6.08 Å². The Morgan fingerprint density at radius 2 is 2.05 bits per heavy atom. The van der Waals surface area contributed by atoms with E-state index in [1.165, 1.54) is 0 Å². The van der Waals surface area contributed by atoms with Crippen LogP contribution in [0, 0.1) is 0 Å². The van der Waals surface area contributed by atoms with Gasteiger partial charge in [0.25, 0.3) is 0 Å². The van der Waals surface area contributed by atoms with Crippen LogP contribution in [0.4, 0.5) is 0 Å². The van der Waals surface area contributed by atoms with Crippen molar-refractivity contribution in [2.24, 2.45) is 0 Å². The van der Waals surface area contributed by atoms with Gasteiger partial charge in [-0.2, -0.15) is 0 Å². The highest BCUT2D eigenvalue weighted by atomic mass is 16.8. The molecule has 0 N–H and O–H groups in total. The fourth-order valence-corrected chi connectivity index (χ4v) is 2.47. The number of benzene rings is 1. The van der Waals surface area contributed by atoms with Gasteiger partial charge < -0.3 is 19.0 Å². The largest absolute Gasteiger partial charge is 0.363 e. The highest BCUT2D eigenvalue weighted by Crippen LogP contribution is 2.32. The van der Waals surface area contributed by atoms with Crippen molar-refractivity contribution in [2.75, 3.05) is 0 Å². The van der Waals surface area contributed by atoms with Crippen LogP contribution < -0.4 is 0 Å². The number of hydrogen-bond donors (Lipinski definition) is 0. The molecule has 0 spiro atoms. The number of hydrogen-bond acceptors (Lipinski definition) is 4. The Morgan fingerprint density at radius 1 is 1.33 bits per heavy atom. The van der Waals surface area contributed by atoms with Gasteiger partial charge in [0.05, 0.1) is 12.7 Å². The van der Waals surface area contributed by atoms with Crippen LogP contribution in [-0.4, -0.2) is 30.4 Å². The molecule has 2 rings (SSSR count). The summed E-state index contributed by atoms with van der Waals surface area (Å²) in [7, 11) is 0. The molecular weight excluding hydrogens is 268 g/mol. The van der Waals surface area contributed by atoms with E-state index in [-0.39, 0.29) is 6.10 Å². The van der Waals surface area contributed by atoms with Crippen molar-refractivity contribution in [3.8, 4) is 0 Å². The van der Waals surface area contributed by atoms with Crippen LogP contribution in [0.2, 0.25) is 0 Å². The quantitative estimate of drug-likeness (QED) is 0.572. The monoisotopic (exact) mass is 290 g/mol. The molecule has 0 aliphatic carbocycles. The molecule has 21 heavy (non-hydrogen) atoms. The molecule has 1 aromatic carbocycles. The fourth-order valence-electron chi connectivity index (χ4n) is 2.47. The minimum absolute atomic E-state index is 0.219. The topological polar surface area (TPSA) is 44.8 Å². The highest BCUT2D eigenvalue weighted by Gasteiger charge is 2.45. The van der Waals surface area contributed by atoms with Crippen molar-refractivity contribution in [1.82, 2.24) is 0 Å². The number of ether oxygens (including phenoxy) is 3. The standard InChI is InChI=1S/C17H22O4/c1-4-8-14-16(21-17(2,3)20-14)15(11-18)19-12-13-9-6-5-7-10-13/h4-7,9-11,14-16H,1,8,12H2,2-3H3/t14-,15-,16+/m1/s1. The lowest BCUT2D eigenvalue weighted by Gasteiger charge is -2.22. The van der Waals surface area contributed by atoms with E-state index >= 15 is 0 Å². The second kappa shape index (κ2) is 6.98. The Hall–Kier alpha value is -1.49. The number of aldehydes is 1. The molecule has 4 heteroatoms. The average Bonchev–Trinajstić information content (AvgIpc) is 2.76. The molecule has 0 bridgehead atoms. The molecule has 0 saturated carbocycles. The van der Waals surface area contributed by atoms with Gasteiger partial charge in [0.2, 0.25) is 0 Å². The van der Waals surface area contributed by atoms with Crippen molar-refractivity contribution >= 4 is 6.29 Å². The Morgan fingerprint density at radius 3 is 2.67 bits per heavy atom. The number of carbonyl (C=O) groups is 1. The molecule has 0 radical (unpaired) electrons. The molecule has 1 fully saturated rings. The maximum absolute atomic E-state index is 11.4. The Kier molecular flexibility index (Phi) is 5.28. The Bertz CT molecular complexity index is 469. The fraction of sp³-hybridized carbons (Fsp3) is 0.471. The van der Waals surface area contributed by atoms with E-state index in [2.05, 4.69) is 6.58 Å². The summed E-state index contributed by atoms with van der Waals surface area (Å²) in [6.07, 6.45) is 1.88. The van der Waals surface area contributed by atoms with Gasteiger partial charge in [-0.3, -0.25) is 0 Å². The van der Waals surface area contributed by atoms with Crippen LogP contribution >= 0.6 is 0 Å². The molecule has 0 unspecified atom stereocenters. The van der Waals surface area contributed by atoms with Gasteiger partial charge in [0, 0.05) is 0 Å². The summed E-state index contributed by atoms with van der Waals surface area (Å²) in [5, 5.41) is 0. The van der Waals surface area contributed by atoms with Crippen LogP contribution in [0.1, 0.15) is 25.8 Å². The summed E-state index contributed by atoms with van der Waals surface area (Å²) >= 11 is 0. The molecule has 0 amide bonds. The first-order valence-electron chi connectivity index (χ1n) is 7.13. The summed E-state index contributed by atoms with van der Waals surface area (Å²) in [6.45, 7) is 7.76. The van der Waals surface area contributed by atoms with Crippen molar-refractivity contribution < 1.29 is 19.0 Å². The van der Waals surface area contributed by atoms with Gasteiger partial charge in [0.15, 0.2) is 12.1 Å². The smallest absolute Gasteiger partial charge is 0.163 e. The molecule has 1 saturated heterocycles. The summed E-state index contributed by atoms with van der Waals surface area (Å²) < 4.78 is 17.4. The highest BCUT2D eigenvalue weighted by molar-refractivity contribution is 5.57. The van der Waals surface area contributed by atoms with Crippen LogP contribution in [0.15, 0.2) is 43.0 Å². The van der Waals surface area contributed by atoms with Gasteiger partial charge in [-0.05, 0) is 25.8 Å². The van der Waals surface area contributed by atoms with E-state index in [9.17, 15) is 4.79 Å². The molecule has 0 aromatic heterocycles. The third-order valence-electron chi connectivity index (χ3n) is 3.36. The van der Waals surface area contributed by atoms with E-state index in [1.807, 2.05) is 44.2 Å². The average molecular weight is 290 g/mol. The van der Waals surface area contributed by atoms with E-state index < -0.39 is 18.0 Å². The molecular formula is C17H22O4. The Balaban J connectivity index is 2.01. The van der Waals surface area contributed by atoms with Crippen LogP contribution in [0.3, 0.4) is 0 Å². The van der Waals surface area contributed by atoms with E-state index in [4.69, 9.17) is 14.2 Å². The predicted octanol–water partition coefficient (Wildman–Crippen LogP) is 2.87. The van der Waals surface area contributed by atoms with Crippen molar-refractivity contribution in [2.45, 2.75) is 51.0 Å². The summed E-state index contributed by atoms with van der Waals surface area (Å²) in [6, 6.07) is 9.73. The first-order valence-corrected chi connectivity index (χ1v) is 7.13. The molecule has 114 valence electrons. The van der Waals surface area contributed by atoms with Gasteiger partial charge >= 0.3 is 0 Å². The molecule has 1 aliphatic rings. The second-order valence-corrected chi connectivity index (χ2v) is 5.56. The maximum Gasteiger partial charge on any atom is 0.163 e. The molecule has 4 nitrogen and oxygen atoms in total. The molecule has 1 heterocycles. The SMILES string of the molecule is C=CC[C@H]1OC(C)(C)O[C@@H]1[C@@H](C=O)OCc1ccccc1. The Labute approximate surface area is 125 Å². The van der Waals surface area contributed by atoms with Gasteiger partial charge in [0.1, 0.15) is 12.2 Å². The summed E-state index contributed by atoms with van der Waals surface area (Å²) in [5.74, 6) is -0.713. The maximum atomic E-state index is 11.4. The van der Waals surface area contributed by atoms with Gasteiger partial charge in [-0.1, -0.05) is 36.4 Å². The first kappa shape index (κ1) is 15.9. The second-order valence-electron chi connectivity index (χ2n) is 5.56. The normalized spacial score (nSPS) is 25.4. The number of carbonyl (C=O) groups excluding carboxylic acids is 1. The summed E-state index contributed by atoms with van der Waals surface area (Å²) in [5.41, 5.74) is 1.02. The van der Waals surface area contributed by atoms with Crippen LogP contribution in [0.5, 0.6) is 0 Å². The zero-order chi connectivity index (χ0) is 15.3. The lowest BCUT2D eigenvalue weighted by molar-refractivity contribution is -0.161. The van der Waals surface area contributed by atoms with Crippen LogP contribution in [-0.2, 0) is 25.6 Å². The molecule has 3 atom stereocenters. The minimum Gasteiger partial charge on any atom is -0.363 e. The van der Waals surface area contributed by atoms with Crippen molar-refractivity contribution in [1.29, 1.82) is 0 Å². The number of rotatable bonds is 7. The lowest BCUT2D eigenvalue weighted by Crippen LogP contribution is -2.38. The van der Waals surface area contributed by atoms with Crippen molar-refractivity contribution in [3.05, 3.63) is 48.6 Å².